The SMILES string of the molecule is Cc1ccc(OCC(=O)N=C2C(=O)N(c3ccccc3)N(C)C2C)c(C)c1. The van der Waals surface area contributed by atoms with Gasteiger partial charge in [0.1, 0.15) is 11.5 Å². The van der Waals surface area contributed by atoms with E-state index in [1.807, 2.05) is 69.3 Å². The molecule has 2 aromatic rings. The number of benzene rings is 2. The van der Waals surface area contributed by atoms with Crippen molar-refractivity contribution in [2.75, 3.05) is 18.7 Å². The Morgan fingerprint density at radius 1 is 1.15 bits per heavy atom. The van der Waals surface area contributed by atoms with E-state index in [1.54, 1.807) is 12.1 Å². The first-order valence-electron chi connectivity index (χ1n) is 8.82. The zero-order valence-corrected chi connectivity index (χ0v) is 16.0. The Hall–Kier alpha value is -2.99. The monoisotopic (exact) mass is 365 g/mol. The van der Waals surface area contributed by atoms with Crippen LogP contribution in [0.25, 0.3) is 0 Å². The van der Waals surface area contributed by atoms with Crippen LogP contribution in [0.2, 0.25) is 0 Å². The lowest BCUT2D eigenvalue weighted by atomic mass is 10.1. The van der Waals surface area contributed by atoms with Crippen molar-refractivity contribution in [3.05, 3.63) is 59.7 Å². The van der Waals surface area contributed by atoms with Crippen LogP contribution in [0.5, 0.6) is 5.75 Å². The number of anilines is 1. The highest BCUT2D eigenvalue weighted by atomic mass is 16.5. The molecule has 0 spiro atoms. The molecule has 3 rings (SSSR count). The van der Waals surface area contributed by atoms with Crippen molar-refractivity contribution < 1.29 is 14.3 Å². The van der Waals surface area contributed by atoms with Crippen LogP contribution in [0.1, 0.15) is 18.1 Å². The van der Waals surface area contributed by atoms with E-state index < -0.39 is 5.91 Å². The molecule has 6 heteroatoms. The Kier molecular flexibility index (Phi) is 5.37. The van der Waals surface area contributed by atoms with Gasteiger partial charge in [0.2, 0.25) is 0 Å². The fourth-order valence-electron chi connectivity index (χ4n) is 3.06. The standard InChI is InChI=1S/C21H23N3O3/c1-14-10-11-18(15(2)12-14)27-13-19(25)22-20-16(3)23(4)24(21(20)26)17-8-6-5-7-9-17/h5-12,16H,13H2,1-4H3. The van der Waals surface area contributed by atoms with Crippen molar-refractivity contribution >= 4 is 23.2 Å². The van der Waals surface area contributed by atoms with Crippen molar-refractivity contribution in [1.29, 1.82) is 0 Å². The van der Waals surface area contributed by atoms with E-state index in [0.29, 0.717) is 5.75 Å². The molecule has 6 nitrogen and oxygen atoms in total. The number of hydrazine groups is 1. The summed E-state index contributed by atoms with van der Waals surface area (Å²) in [5.41, 5.74) is 3.04. The third kappa shape index (κ3) is 3.90. The minimum Gasteiger partial charge on any atom is -0.483 e. The highest BCUT2D eigenvalue weighted by Crippen LogP contribution is 2.24. The summed E-state index contributed by atoms with van der Waals surface area (Å²) in [5.74, 6) is -0.132. The largest absolute Gasteiger partial charge is 0.483 e. The number of amides is 2. The molecular weight excluding hydrogens is 342 g/mol. The van der Waals surface area contributed by atoms with Gasteiger partial charge in [-0.3, -0.25) is 9.59 Å². The molecule has 0 aliphatic carbocycles. The van der Waals surface area contributed by atoms with Crippen LogP contribution in [0.3, 0.4) is 0 Å². The molecule has 1 heterocycles. The number of hydrogen-bond acceptors (Lipinski definition) is 4. The van der Waals surface area contributed by atoms with Crippen LogP contribution < -0.4 is 9.75 Å². The van der Waals surface area contributed by atoms with Crippen LogP contribution in [-0.4, -0.2) is 42.2 Å². The number of para-hydroxylation sites is 1. The van der Waals surface area contributed by atoms with Gasteiger partial charge in [-0.15, -0.1) is 0 Å². The zero-order valence-electron chi connectivity index (χ0n) is 16.0. The molecule has 0 bridgehead atoms. The maximum Gasteiger partial charge on any atom is 0.289 e. The predicted octanol–water partition coefficient (Wildman–Crippen LogP) is 2.93. The molecule has 0 radical (unpaired) electrons. The smallest absolute Gasteiger partial charge is 0.289 e. The van der Waals surface area contributed by atoms with E-state index in [4.69, 9.17) is 4.74 Å². The van der Waals surface area contributed by atoms with Gasteiger partial charge in [-0.2, -0.15) is 0 Å². The minimum atomic E-state index is -0.478. The molecular formula is C21H23N3O3. The fraction of sp³-hybridized carbons (Fsp3) is 0.286. The average molecular weight is 365 g/mol. The second kappa shape index (κ2) is 7.72. The number of ether oxygens (including phenoxy) is 1. The first-order chi connectivity index (χ1) is 12.9. The molecule has 1 aliphatic heterocycles. The number of aryl methyl sites for hydroxylation is 2. The summed E-state index contributed by atoms with van der Waals surface area (Å²) >= 11 is 0. The second-order valence-corrected chi connectivity index (χ2v) is 6.65. The fourth-order valence-corrected chi connectivity index (χ4v) is 3.06. The van der Waals surface area contributed by atoms with Crippen LogP contribution >= 0.6 is 0 Å². The molecule has 1 aliphatic rings. The van der Waals surface area contributed by atoms with Gasteiger partial charge in [-0.25, -0.2) is 15.0 Å². The maximum atomic E-state index is 12.8. The van der Waals surface area contributed by atoms with Gasteiger partial charge in [-0.1, -0.05) is 35.9 Å². The van der Waals surface area contributed by atoms with Gasteiger partial charge in [0.25, 0.3) is 11.8 Å². The second-order valence-electron chi connectivity index (χ2n) is 6.65. The Morgan fingerprint density at radius 2 is 1.85 bits per heavy atom. The first-order valence-corrected chi connectivity index (χ1v) is 8.82. The Morgan fingerprint density at radius 3 is 2.52 bits per heavy atom. The molecule has 0 N–H and O–H groups in total. The van der Waals surface area contributed by atoms with Gasteiger partial charge in [0.05, 0.1) is 11.7 Å². The lowest BCUT2D eigenvalue weighted by molar-refractivity contribution is -0.120. The summed E-state index contributed by atoms with van der Waals surface area (Å²) < 4.78 is 5.58. The molecule has 1 fully saturated rings. The van der Waals surface area contributed by atoms with Gasteiger partial charge in [0, 0.05) is 7.05 Å². The van der Waals surface area contributed by atoms with Crippen LogP contribution in [-0.2, 0) is 9.59 Å². The average Bonchev–Trinajstić information content (AvgIpc) is 2.85. The van der Waals surface area contributed by atoms with Crippen LogP contribution in [0.15, 0.2) is 53.5 Å². The summed E-state index contributed by atoms with van der Waals surface area (Å²) in [6, 6.07) is 14.7. The van der Waals surface area contributed by atoms with Gasteiger partial charge < -0.3 is 4.74 Å². The van der Waals surface area contributed by atoms with E-state index in [-0.39, 0.29) is 24.3 Å². The van der Waals surface area contributed by atoms with Crippen molar-refractivity contribution in [3.63, 3.8) is 0 Å². The van der Waals surface area contributed by atoms with Gasteiger partial charge in [0.15, 0.2) is 6.61 Å². The topological polar surface area (TPSA) is 62.2 Å². The van der Waals surface area contributed by atoms with Crippen LogP contribution in [0, 0.1) is 13.8 Å². The summed E-state index contributed by atoms with van der Waals surface area (Å²) in [6.45, 7) is 5.56. The molecule has 1 unspecified atom stereocenters. The third-order valence-electron chi connectivity index (χ3n) is 4.61. The number of rotatable bonds is 4. The zero-order chi connectivity index (χ0) is 19.6. The van der Waals surface area contributed by atoms with Gasteiger partial charge >= 0.3 is 0 Å². The Balaban J connectivity index is 1.73. The van der Waals surface area contributed by atoms with E-state index >= 15 is 0 Å². The Labute approximate surface area is 159 Å². The first kappa shape index (κ1) is 18.8. The van der Waals surface area contributed by atoms with Crippen LogP contribution in [0.4, 0.5) is 5.69 Å². The van der Waals surface area contributed by atoms with Gasteiger partial charge in [-0.05, 0) is 44.5 Å². The molecule has 0 saturated carbocycles. The number of hydrogen-bond donors (Lipinski definition) is 0. The maximum absolute atomic E-state index is 12.8. The third-order valence-corrected chi connectivity index (χ3v) is 4.61. The van der Waals surface area contributed by atoms with E-state index in [0.717, 1.165) is 16.8 Å². The van der Waals surface area contributed by atoms with Crippen molar-refractivity contribution in [1.82, 2.24) is 5.01 Å². The Bertz CT molecular complexity index is 893. The van der Waals surface area contributed by atoms with E-state index in [2.05, 4.69) is 4.99 Å². The summed E-state index contributed by atoms with van der Waals surface area (Å²) in [4.78, 5) is 29.1. The number of nitrogens with zero attached hydrogens (tertiary/aromatic N) is 3. The highest BCUT2D eigenvalue weighted by molar-refractivity contribution is 6.48. The van der Waals surface area contributed by atoms with Crippen molar-refractivity contribution in [2.45, 2.75) is 26.8 Å². The molecule has 0 aromatic heterocycles. The molecule has 2 aromatic carbocycles. The minimum absolute atomic E-state index is 0.206. The molecule has 2 amide bonds. The van der Waals surface area contributed by atoms with Crippen molar-refractivity contribution in [3.8, 4) is 5.75 Å². The predicted molar refractivity (Wildman–Crippen MR) is 105 cm³/mol. The quantitative estimate of drug-likeness (QED) is 0.836. The van der Waals surface area contributed by atoms with E-state index in [9.17, 15) is 9.59 Å². The summed E-state index contributed by atoms with van der Waals surface area (Å²) in [7, 11) is 1.80. The summed E-state index contributed by atoms with van der Waals surface area (Å²) in [5, 5.41) is 3.30. The molecule has 1 atom stereocenters. The number of carbonyl (C=O) groups is 2. The lowest BCUT2D eigenvalue weighted by Gasteiger charge is -2.25. The molecule has 1 saturated heterocycles. The normalized spacial score (nSPS) is 19.0. The number of aliphatic imine (C=N–C) groups is 1. The molecule has 27 heavy (non-hydrogen) atoms. The number of carbonyl (C=O) groups excluding carboxylic acids is 2. The lowest BCUT2D eigenvalue weighted by Crippen LogP contribution is -2.38. The van der Waals surface area contributed by atoms with Crippen molar-refractivity contribution in [2.24, 2.45) is 4.99 Å². The molecule has 140 valence electrons. The summed E-state index contributed by atoms with van der Waals surface area (Å²) in [6.07, 6.45) is 0. The highest BCUT2D eigenvalue weighted by Gasteiger charge is 2.40. The van der Waals surface area contributed by atoms with E-state index in [1.165, 1.54) is 5.01 Å².